The van der Waals surface area contributed by atoms with Gasteiger partial charge in [0.05, 0.1) is 23.0 Å². The van der Waals surface area contributed by atoms with Crippen LogP contribution in [0.2, 0.25) is 0 Å². The second-order valence-electron chi connectivity index (χ2n) is 7.04. The average Bonchev–Trinajstić information content (AvgIpc) is 3.20. The Labute approximate surface area is 179 Å². The van der Waals surface area contributed by atoms with Crippen LogP contribution in [0.4, 0.5) is 0 Å². The van der Waals surface area contributed by atoms with Crippen LogP contribution in [-0.2, 0) is 14.6 Å². The molecule has 2 aromatic carbocycles. The van der Waals surface area contributed by atoms with Gasteiger partial charge in [0.15, 0.2) is 15.4 Å². The van der Waals surface area contributed by atoms with Crippen LogP contribution in [0.15, 0.2) is 63.1 Å². The first-order chi connectivity index (χ1) is 14.5. The number of methoxy groups -OCH3 is 1. The van der Waals surface area contributed by atoms with Crippen molar-refractivity contribution in [3.8, 4) is 5.75 Å². The van der Waals surface area contributed by atoms with Gasteiger partial charge in [0.1, 0.15) is 11.3 Å². The molecule has 1 fully saturated rings. The maximum absolute atomic E-state index is 12.9. The minimum atomic E-state index is -3.43. The van der Waals surface area contributed by atoms with Gasteiger partial charge in [-0.25, -0.2) is 13.4 Å². The highest BCUT2D eigenvalue weighted by molar-refractivity contribution is 7.99. The third-order valence-electron chi connectivity index (χ3n) is 5.21. The molecule has 4 rings (SSSR count). The van der Waals surface area contributed by atoms with Crippen molar-refractivity contribution in [1.29, 1.82) is 0 Å². The topological polar surface area (TPSA) is 89.7 Å². The second-order valence-corrected chi connectivity index (χ2v) is 10.2. The SMILES string of the molecule is COc1ccc(S(=O)(=O)C2CCN(C(=O)CSc3nc4ccccc4o3)CC2)cc1. The number of ether oxygens (including phenoxy) is 1. The van der Waals surface area contributed by atoms with Crippen LogP contribution >= 0.6 is 11.8 Å². The Morgan fingerprint density at radius 1 is 1.17 bits per heavy atom. The highest BCUT2D eigenvalue weighted by Crippen LogP contribution is 2.27. The van der Waals surface area contributed by atoms with Crippen molar-refractivity contribution in [2.75, 3.05) is 26.0 Å². The van der Waals surface area contributed by atoms with Gasteiger partial charge < -0.3 is 14.1 Å². The lowest BCUT2D eigenvalue weighted by Crippen LogP contribution is -2.43. The van der Waals surface area contributed by atoms with Crippen molar-refractivity contribution >= 4 is 38.6 Å². The molecule has 1 aliphatic heterocycles. The first-order valence-corrected chi connectivity index (χ1v) is 12.1. The number of oxazole rings is 1. The van der Waals surface area contributed by atoms with Crippen LogP contribution in [0.1, 0.15) is 12.8 Å². The van der Waals surface area contributed by atoms with Crippen LogP contribution in [0.25, 0.3) is 11.1 Å². The molecule has 7 nitrogen and oxygen atoms in total. The Morgan fingerprint density at radius 3 is 2.53 bits per heavy atom. The van der Waals surface area contributed by atoms with Crippen molar-refractivity contribution < 1.29 is 22.4 Å². The number of nitrogens with zero attached hydrogens (tertiary/aromatic N) is 2. The molecule has 30 heavy (non-hydrogen) atoms. The Balaban J connectivity index is 1.32. The summed E-state index contributed by atoms with van der Waals surface area (Å²) in [7, 11) is -1.89. The van der Waals surface area contributed by atoms with E-state index in [0.29, 0.717) is 47.4 Å². The molecule has 0 atom stereocenters. The minimum Gasteiger partial charge on any atom is -0.497 e. The number of para-hydroxylation sites is 2. The molecule has 0 bridgehead atoms. The van der Waals surface area contributed by atoms with Crippen LogP contribution < -0.4 is 4.74 Å². The monoisotopic (exact) mass is 446 g/mol. The number of benzene rings is 2. The number of aromatic nitrogens is 1. The number of fused-ring (bicyclic) bond motifs is 1. The van der Waals surface area contributed by atoms with Crippen molar-refractivity contribution in [1.82, 2.24) is 9.88 Å². The van der Waals surface area contributed by atoms with Gasteiger partial charge in [-0.2, -0.15) is 0 Å². The summed E-state index contributed by atoms with van der Waals surface area (Å²) in [5.74, 6) is 0.788. The van der Waals surface area contributed by atoms with E-state index in [1.165, 1.54) is 11.8 Å². The number of carbonyl (C=O) groups excluding carboxylic acids is 1. The number of hydrogen-bond donors (Lipinski definition) is 0. The predicted octanol–water partition coefficient (Wildman–Crippen LogP) is 3.39. The van der Waals surface area contributed by atoms with Gasteiger partial charge in [-0.15, -0.1) is 0 Å². The van der Waals surface area contributed by atoms with E-state index in [2.05, 4.69) is 4.98 Å². The van der Waals surface area contributed by atoms with Gasteiger partial charge in [-0.05, 0) is 49.2 Å². The van der Waals surface area contributed by atoms with E-state index in [4.69, 9.17) is 9.15 Å². The zero-order chi connectivity index (χ0) is 21.1. The first-order valence-electron chi connectivity index (χ1n) is 9.61. The van der Waals surface area contributed by atoms with E-state index < -0.39 is 15.1 Å². The van der Waals surface area contributed by atoms with Crippen molar-refractivity contribution in [2.45, 2.75) is 28.2 Å². The van der Waals surface area contributed by atoms with E-state index >= 15 is 0 Å². The van der Waals surface area contributed by atoms with Crippen molar-refractivity contribution in [3.05, 3.63) is 48.5 Å². The molecule has 0 radical (unpaired) electrons. The standard InChI is InChI=1S/C21H22N2O5S2/c1-27-15-6-8-16(9-7-15)30(25,26)17-10-12-23(13-11-17)20(24)14-29-21-22-18-4-2-3-5-19(18)28-21/h2-9,17H,10-14H2,1H3. The van der Waals surface area contributed by atoms with Gasteiger partial charge in [0.2, 0.25) is 5.91 Å². The lowest BCUT2D eigenvalue weighted by atomic mass is 10.1. The second kappa shape index (κ2) is 8.69. The van der Waals surface area contributed by atoms with Gasteiger partial charge in [0.25, 0.3) is 5.22 Å². The fourth-order valence-electron chi connectivity index (χ4n) is 3.50. The van der Waals surface area contributed by atoms with E-state index in [9.17, 15) is 13.2 Å². The van der Waals surface area contributed by atoms with Gasteiger partial charge in [0, 0.05) is 13.1 Å². The van der Waals surface area contributed by atoms with Gasteiger partial charge >= 0.3 is 0 Å². The summed E-state index contributed by atoms with van der Waals surface area (Å²) in [6, 6.07) is 13.9. The van der Waals surface area contributed by atoms with Gasteiger partial charge in [-0.1, -0.05) is 23.9 Å². The predicted molar refractivity (Wildman–Crippen MR) is 115 cm³/mol. The molecule has 1 aromatic heterocycles. The summed E-state index contributed by atoms with van der Waals surface area (Å²) in [4.78, 5) is 18.9. The molecule has 1 saturated heterocycles. The molecule has 1 amide bonds. The van der Waals surface area contributed by atoms with Crippen LogP contribution in [0.5, 0.6) is 5.75 Å². The third kappa shape index (κ3) is 4.32. The van der Waals surface area contributed by atoms with E-state index in [1.54, 1.807) is 36.3 Å². The number of carbonyl (C=O) groups is 1. The van der Waals surface area contributed by atoms with E-state index in [-0.39, 0.29) is 11.7 Å². The zero-order valence-electron chi connectivity index (χ0n) is 16.5. The average molecular weight is 447 g/mol. The van der Waals surface area contributed by atoms with Gasteiger partial charge in [-0.3, -0.25) is 4.79 Å². The maximum atomic E-state index is 12.9. The number of amides is 1. The summed E-state index contributed by atoms with van der Waals surface area (Å²) < 4.78 is 36.5. The van der Waals surface area contributed by atoms with Crippen molar-refractivity contribution in [3.63, 3.8) is 0 Å². The lowest BCUT2D eigenvalue weighted by Gasteiger charge is -2.31. The van der Waals surface area contributed by atoms with Crippen LogP contribution in [-0.4, -0.2) is 55.4 Å². The molecule has 9 heteroatoms. The smallest absolute Gasteiger partial charge is 0.257 e. The molecule has 3 aromatic rings. The fraction of sp³-hybridized carbons (Fsp3) is 0.333. The maximum Gasteiger partial charge on any atom is 0.257 e. The Morgan fingerprint density at radius 2 is 1.87 bits per heavy atom. The van der Waals surface area contributed by atoms with Crippen LogP contribution in [0, 0.1) is 0 Å². The summed E-state index contributed by atoms with van der Waals surface area (Å²) in [5, 5.41) is -0.0267. The summed E-state index contributed by atoms with van der Waals surface area (Å²) in [6.45, 7) is 0.847. The zero-order valence-corrected chi connectivity index (χ0v) is 18.1. The normalized spacial score (nSPS) is 15.4. The molecular formula is C21H22N2O5S2. The molecular weight excluding hydrogens is 424 g/mol. The third-order valence-corrected chi connectivity index (χ3v) is 8.31. The highest BCUT2D eigenvalue weighted by Gasteiger charge is 2.32. The molecule has 158 valence electrons. The quantitative estimate of drug-likeness (QED) is 0.536. The molecule has 0 N–H and O–H groups in total. The molecule has 0 spiro atoms. The van der Waals surface area contributed by atoms with Crippen LogP contribution in [0.3, 0.4) is 0 Å². The number of hydrogen-bond acceptors (Lipinski definition) is 7. The first kappa shape index (κ1) is 20.7. The highest BCUT2D eigenvalue weighted by atomic mass is 32.2. The minimum absolute atomic E-state index is 0.0393. The molecule has 0 saturated carbocycles. The molecule has 2 heterocycles. The number of thioether (sulfide) groups is 1. The molecule has 0 aliphatic carbocycles. The Kier molecular flexibility index (Phi) is 6.01. The summed E-state index contributed by atoms with van der Waals surface area (Å²) in [5.41, 5.74) is 1.45. The summed E-state index contributed by atoms with van der Waals surface area (Å²) >= 11 is 1.26. The number of sulfone groups is 1. The van der Waals surface area contributed by atoms with E-state index in [0.717, 1.165) is 5.52 Å². The van der Waals surface area contributed by atoms with Crippen molar-refractivity contribution in [2.24, 2.45) is 0 Å². The largest absolute Gasteiger partial charge is 0.497 e. The Bertz CT molecular complexity index is 1100. The number of likely N-dealkylation sites (tertiary alicyclic amines) is 1. The fourth-order valence-corrected chi connectivity index (χ4v) is 5.97. The molecule has 0 unspecified atom stereocenters. The number of rotatable bonds is 6. The summed E-state index contributed by atoms with van der Waals surface area (Å²) in [6.07, 6.45) is 0.849. The lowest BCUT2D eigenvalue weighted by molar-refractivity contribution is -0.129. The number of piperidine rings is 1. The Hall–Kier alpha value is -2.52. The molecule has 1 aliphatic rings. The van der Waals surface area contributed by atoms with E-state index in [1.807, 2.05) is 24.3 Å².